The topological polar surface area (TPSA) is 40.1 Å². The Bertz CT molecular complexity index is 684. The van der Waals surface area contributed by atoms with Crippen LogP contribution in [0.4, 0.5) is 5.69 Å². The monoisotopic (exact) mass is 524 g/mol. The van der Waals surface area contributed by atoms with Crippen LogP contribution in [0.2, 0.25) is 0 Å². The van der Waals surface area contributed by atoms with Crippen LogP contribution in [0, 0.1) is 5.92 Å². The number of rotatable bonds is 6. The third kappa shape index (κ3) is 6.36. The number of ether oxygens (including phenoxy) is 1. The summed E-state index contributed by atoms with van der Waals surface area (Å²) < 4.78 is 6.22. The Kier molecular flexibility index (Phi) is 9.30. The average molecular weight is 524 g/mol. The number of piperidine rings is 1. The lowest BCUT2D eigenvalue weighted by Gasteiger charge is -2.34. The second-order valence-corrected chi connectivity index (χ2v) is 8.61. The zero-order valence-electron chi connectivity index (χ0n) is 18.3. The number of anilines is 1. The van der Waals surface area contributed by atoms with Crippen molar-refractivity contribution in [1.29, 1.82) is 0 Å². The molecule has 0 atom stereocenters. The zero-order valence-corrected chi connectivity index (χ0v) is 20.6. The number of halogens is 1. The maximum absolute atomic E-state index is 6.22. The molecule has 0 spiro atoms. The largest absolute Gasteiger partial charge is 0.378 e. The van der Waals surface area contributed by atoms with E-state index in [9.17, 15) is 0 Å². The van der Waals surface area contributed by atoms with Gasteiger partial charge in [-0.2, -0.15) is 0 Å². The Morgan fingerprint density at radius 2 is 1.70 bits per heavy atom. The molecule has 1 aromatic rings. The lowest BCUT2D eigenvalue weighted by Crippen LogP contribution is -2.46. The van der Waals surface area contributed by atoms with Gasteiger partial charge >= 0.3 is 0 Å². The SMILES string of the molecule is CN=C(NCc1ccc(N2CC=CC2)cc1)N1CCC(OCC2CCCC2)CC1.I. The molecule has 1 N–H and O–H groups in total. The predicted molar refractivity (Wildman–Crippen MR) is 136 cm³/mol. The molecule has 0 amide bonds. The third-order valence-electron chi connectivity index (χ3n) is 6.57. The highest BCUT2D eigenvalue weighted by atomic mass is 127. The molecule has 0 radical (unpaired) electrons. The molecule has 0 aromatic heterocycles. The summed E-state index contributed by atoms with van der Waals surface area (Å²) in [5.74, 6) is 1.82. The van der Waals surface area contributed by atoms with Crippen molar-refractivity contribution in [2.45, 2.75) is 51.2 Å². The normalized spacial score (nSPS) is 20.6. The summed E-state index contributed by atoms with van der Waals surface area (Å²) in [5, 5.41) is 3.55. The molecule has 1 saturated carbocycles. The highest BCUT2D eigenvalue weighted by Crippen LogP contribution is 2.26. The number of hydrogen-bond acceptors (Lipinski definition) is 3. The average Bonchev–Trinajstić information content (AvgIpc) is 3.48. The van der Waals surface area contributed by atoms with Crippen molar-refractivity contribution in [3.05, 3.63) is 42.0 Å². The first-order chi connectivity index (χ1) is 14.3. The van der Waals surface area contributed by atoms with E-state index in [0.717, 1.165) is 64.0 Å². The van der Waals surface area contributed by atoms with Gasteiger partial charge in [0.15, 0.2) is 5.96 Å². The first kappa shape index (κ1) is 23.4. The number of nitrogens with one attached hydrogen (secondary N) is 1. The summed E-state index contributed by atoms with van der Waals surface area (Å²) in [4.78, 5) is 9.26. The molecule has 2 fully saturated rings. The maximum atomic E-state index is 6.22. The summed E-state index contributed by atoms with van der Waals surface area (Å²) in [5.41, 5.74) is 2.58. The van der Waals surface area contributed by atoms with E-state index >= 15 is 0 Å². The highest BCUT2D eigenvalue weighted by Gasteiger charge is 2.23. The van der Waals surface area contributed by atoms with Gasteiger partial charge in [0, 0.05) is 52.1 Å². The van der Waals surface area contributed by atoms with Crippen molar-refractivity contribution < 1.29 is 4.74 Å². The molecule has 4 rings (SSSR count). The van der Waals surface area contributed by atoms with Gasteiger partial charge < -0.3 is 19.9 Å². The summed E-state index contributed by atoms with van der Waals surface area (Å²) >= 11 is 0. The Balaban J connectivity index is 0.00000256. The minimum atomic E-state index is 0. The molecule has 166 valence electrons. The van der Waals surface area contributed by atoms with E-state index in [1.165, 1.54) is 36.9 Å². The molecule has 0 unspecified atom stereocenters. The molecule has 2 aliphatic heterocycles. The molecule has 2 heterocycles. The first-order valence-electron chi connectivity index (χ1n) is 11.4. The van der Waals surface area contributed by atoms with E-state index in [4.69, 9.17) is 4.74 Å². The van der Waals surface area contributed by atoms with E-state index in [1.807, 2.05) is 7.05 Å². The number of aliphatic imine (C=N–C) groups is 1. The first-order valence-corrected chi connectivity index (χ1v) is 11.4. The molecule has 5 nitrogen and oxygen atoms in total. The number of likely N-dealkylation sites (tertiary alicyclic amines) is 1. The lowest BCUT2D eigenvalue weighted by molar-refractivity contribution is 0.00101. The standard InChI is InChI=1S/C24H36N4O.HI/c1-25-24(26-18-20-8-10-22(11-9-20)27-14-4-5-15-27)28-16-12-23(13-17-28)29-19-21-6-2-3-7-21;/h4-5,8-11,21,23H,2-3,6-7,12-19H2,1H3,(H,25,26);1H. The van der Waals surface area contributed by atoms with Gasteiger partial charge in [-0.1, -0.05) is 37.1 Å². The number of hydrogen-bond donors (Lipinski definition) is 1. The smallest absolute Gasteiger partial charge is 0.193 e. The van der Waals surface area contributed by atoms with Gasteiger partial charge in [-0.05, 0) is 49.3 Å². The van der Waals surface area contributed by atoms with E-state index in [-0.39, 0.29) is 24.0 Å². The van der Waals surface area contributed by atoms with E-state index < -0.39 is 0 Å². The van der Waals surface area contributed by atoms with Crippen LogP contribution >= 0.6 is 24.0 Å². The molecular weight excluding hydrogens is 487 g/mol. The maximum Gasteiger partial charge on any atom is 0.193 e. The Morgan fingerprint density at radius 3 is 2.33 bits per heavy atom. The molecular formula is C24H37IN4O. The summed E-state index contributed by atoms with van der Waals surface area (Å²) in [6.07, 6.45) is 12.6. The molecule has 0 bridgehead atoms. The van der Waals surface area contributed by atoms with Gasteiger partial charge in [0.25, 0.3) is 0 Å². The van der Waals surface area contributed by atoms with Gasteiger partial charge in [-0.25, -0.2) is 0 Å². The minimum Gasteiger partial charge on any atom is -0.378 e. The van der Waals surface area contributed by atoms with Crippen LogP contribution in [0.3, 0.4) is 0 Å². The summed E-state index contributed by atoms with van der Waals surface area (Å²) in [6.45, 7) is 5.87. The van der Waals surface area contributed by atoms with Crippen LogP contribution in [0.5, 0.6) is 0 Å². The quantitative estimate of drug-likeness (QED) is 0.259. The minimum absolute atomic E-state index is 0. The third-order valence-corrected chi connectivity index (χ3v) is 6.57. The van der Waals surface area contributed by atoms with Gasteiger partial charge in [0.05, 0.1) is 6.10 Å². The van der Waals surface area contributed by atoms with Crippen molar-refractivity contribution in [2.75, 3.05) is 44.7 Å². The van der Waals surface area contributed by atoms with Gasteiger partial charge in [0.1, 0.15) is 0 Å². The fourth-order valence-corrected chi connectivity index (χ4v) is 4.71. The van der Waals surface area contributed by atoms with E-state index in [1.54, 1.807) is 0 Å². The summed E-state index contributed by atoms with van der Waals surface area (Å²) in [7, 11) is 1.88. The fraction of sp³-hybridized carbons (Fsp3) is 0.625. The number of guanidine groups is 1. The van der Waals surface area contributed by atoms with E-state index in [2.05, 4.69) is 56.5 Å². The molecule has 3 aliphatic rings. The van der Waals surface area contributed by atoms with Crippen LogP contribution in [-0.2, 0) is 11.3 Å². The van der Waals surface area contributed by atoms with Gasteiger partial charge in [0.2, 0.25) is 0 Å². The van der Waals surface area contributed by atoms with E-state index in [0.29, 0.717) is 6.10 Å². The fourth-order valence-electron chi connectivity index (χ4n) is 4.71. The van der Waals surface area contributed by atoms with Crippen LogP contribution in [0.25, 0.3) is 0 Å². The van der Waals surface area contributed by atoms with Crippen LogP contribution in [0.1, 0.15) is 44.1 Å². The van der Waals surface area contributed by atoms with Crippen molar-refractivity contribution in [3.63, 3.8) is 0 Å². The second-order valence-electron chi connectivity index (χ2n) is 8.61. The Labute approximate surface area is 199 Å². The lowest BCUT2D eigenvalue weighted by atomic mass is 10.1. The molecule has 1 saturated heterocycles. The molecule has 6 heteroatoms. The Hall–Kier alpha value is -1.28. The van der Waals surface area contributed by atoms with Gasteiger partial charge in [-0.3, -0.25) is 4.99 Å². The molecule has 1 aromatic carbocycles. The van der Waals surface area contributed by atoms with Crippen molar-refractivity contribution in [1.82, 2.24) is 10.2 Å². The van der Waals surface area contributed by atoms with Crippen molar-refractivity contribution >= 4 is 35.6 Å². The number of benzene rings is 1. The van der Waals surface area contributed by atoms with Crippen molar-refractivity contribution in [2.24, 2.45) is 10.9 Å². The Morgan fingerprint density at radius 1 is 1.03 bits per heavy atom. The number of nitrogens with zero attached hydrogens (tertiary/aromatic N) is 3. The zero-order chi connectivity index (χ0) is 19.9. The van der Waals surface area contributed by atoms with Crippen LogP contribution in [-0.4, -0.2) is 56.8 Å². The van der Waals surface area contributed by atoms with Crippen LogP contribution in [0.15, 0.2) is 41.4 Å². The second kappa shape index (κ2) is 11.9. The summed E-state index contributed by atoms with van der Waals surface area (Å²) in [6, 6.07) is 8.88. The predicted octanol–water partition coefficient (Wildman–Crippen LogP) is 4.43. The highest BCUT2D eigenvalue weighted by molar-refractivity contribution is 14.0. The van der Waals surface area contributed by atoms with Crippen molar-refractivity contribution in [3.8, 4) is 0 Å². The molecule has 1 aliphatic carbocycles. The molecule has 30 heavy (non-hydrogen) atoms. The van der Waals surface area contributed by atoms with Gasteiger partial charge in [-0.15, -0.1) is 24.0 Å². The van der Waals surface area contributed by atoms with Crippen LogP contribution < -0.4 is 10.2 Å².